The Morgan fingerprint density at radius 2 is 2.03 bits per heavy atom. The van der Waals surface area contributed by atoms with E-state index in [-0.39, 0.29) is 24.1 Å². The summed E-state index contributed by atoms with van der Waals surface area (Å²) >= 11 is 2.62. The highest BCUT2D eigenvalue weighted by Crippen LogP contribution is 2.26. The number of aromatic nitrogens is 4. The van der Waals surface area contributed by atoms with Crippen LogP contribution in [0, 0.1) is 0 Å². The van der Waals surface area contributed by atoms with Crippen LogP contribution in [0.2, 0.25) is 0 Å². The van der Waals surface area contributed by atoms with E-state index < -0.39 is 5.25 Å². The first kappa shape index (κ1) is 20.8. The number of hydrogen-bond donors (Lipinski definition) is 2. The maximum Gasteiger partial charge on any atom is 0.287 e. The molecule has 0 fully saturated rings. The Hall–Kier alpha value is -3.44. The first-order chi connectivity index (χ1) is 15.1. The van der Waals surface area contributed by atoms with Gasteiger partial charge in [-0.05, 0) is 31.2 Å². The lowest BCUT2D eigenvalue weighted by Gasteiger charge is -2.13. The molecule has 1 atom stereocenters. The number of carbonyl (C=O) groups is 2. The number of anilines is 1. The summed E-state index contributed by atoms with van der Waals surface area (Å²) in [6.07, 6.45) is 3.07. The number of nitrogens with one attached hydrogen (secondary N) is 2. The minimum atomic E-state index is -0.443. The van der Waals surface area contributed by atoms with Gasteiger partial charge in [0.05, 0.1) is 18.1 Å². The van der Waals surface area contributed by atoms with Gasteiger partial charge in [0.1, 0.15) is 0 Å². The summed E-state index contributed by atoms with van der Waals surface area (Å²) in [7, 11) is 0. The molecule has 0 radical (unpaired) electrons. The van der Waals surface area contributed by atoms with Gasteiger partial charge < -0.3 is 15.1 Å². The quantitative estimate of drug-likeness (QED) is 0.392. The minimum Gasteiger partial charge on any atom is -0.459 e. The van der Waals surface area contributed by atoms with Gasteiger partial charge in [0.2, 0.25) is 5.91 Å². The fourth-order valence-electron chi connectivity index (χ4n) is 2.69. The summed E-state index contributed by atoms with van der Waals surface area (Å²) < 4.78 is 6.94. The number of thiazole rings is 1. The second kappa shape index (κ2) is 9.58. The van der Waals surface area contributed by atoms with Gasteiger partial charge in [-0.3, -0.25) is 14.2 Å². The predicted octanol–water partition coefficient (Wildman–Crippen LogP) is 3.37. The molecule has 31 heavy (non-hydrogen) atoms. The van der Waals surface area contributed by atoms with Crippen molar-refractivity contribution in [1.82, 2.24) is 25.1 Å². The molecule has 1 aromatic carbocycles. The molecule has 0 spiro atoms. The van der Waals surface area contributed by atoms with E-state index in [2.05, 4.69) is 25.8 Å². The van der Waals surface area contributed by atoms with Crippen LogP contribution in [-0.2, 0) is 11.3 Å². The van der Waals surface area contributed by atoms with E-state index in [4.69, 9.17) is 4.42 Å². The van der Waals surface area contributed by atoms with Gasteiger partial charge >= 0.3 is 0 Å². The van der Waals surface area contributed by atoms with Crippen LogP contribution in [0.15, 0.2) is 69.9 Å². The highest BCUT2D eigenvalue weighted by molar-refractivity contribution is 8.00. The van der Waals surface area contributed by atoms with Gasteiger partial charge in [-0.15, -0.1) is 21.5 Å². The molecule has 11 heteroatoms. The molecule has 0 saturated carbocycles. The SMILES string of the molecule is C[C@H](Sc1nnc(CNC(=O)c2ccco2)n1-c1ccccc1)C(=O)Nc1nccs1. The van der Waals surface area contributed by atoms with E-state index in [1.807, 2.05) is 34.9 Å². The molecule has 3 aromatic heterocycles. The minimum absolute atomic E-state index is 0.141. The van der Waals surface area contributed by atoms with Gasteiger partial charge in [-0.1, -0.05) is 30.0 Å². The van der Waals surface area contributed by atoms with Gasteiger partial charge in [-0.2, -0.15) is 0 Å². The lowest BCUT2D eigenvalue weighted by molar-refractivity contribution is -0.115. The number of para-hydroxylation sites is 1. The van der Waals surface area contributed by atoms with Crippen molar-refractivity contribution in [3.05, 3.63) is 71.9 Å². The van der Waals surface area contributed by atoms with E-state index in [9.17, 15) is 9.59 Å². The van der Waals surface area contributed by atoms with Crippen molar-refractivity contribution in [2.75, 3.05) is 5.32 Å². The van der Waals surface area contributed by atoms with Gasteiger partial charge in [0.25, 0.3) is 5.91 Å². The molecule has 0 aliphatic heterocycles. The molecule has 0 unspecified atom stereocenters. The maximum absolute atomic E-state index is 12.5. The number of rotatable bonds is 8. The molecule has 4 aromatic rings. The van der Waals surface area contributed by atoms with E-state index in [1.165, 1.54) is 29.4 Å². The van der Waals surface area contributed by atoms with Crippen LogP contribution in [0.4, 0.5) is 5.13 Å². The first-order valence-corrected chi connectivity index (χ1v) is 11.1. The Morgan fingerprint density at radius 3 is 2.74 bits per heavy atom. The topological polar surface area (TPSA) is 115 Å². The third-order valence-electron chi connectivity index (χ3n) is 4.18. The van der Waals surface area contributed by atoms with Crippen LogP contribution in [-0.4, -0.2) is 36.8 Å². The molecule has 0 saturated heterocycles. The second-order valence-electron chi connectivity index (χ2n) is 6.32. The van der Waals surface area contributed by atoms with Crippen LogP contribution in [0.1, 0.15) is 23.3 Å². The third kappa shape index (κ3) is 5.01. The Morgan fingerprint density at radius 1 is 1.19 bits per heavy atom. The van der Waals surface area contributed by atoms with Crippen molar-refractivity contribution in [2.24, 2.45) is 0 Å². The highest BCUT2D eigenvalue weighted by Gasteiger charge is 2.22. The number of nitrogens with zero attached hydrogens (tertiary/aromatic N) is 4. The van der Waals surface area contributed by atoms with Crippen LogP contribution in [0.25, 0.3) is 5.69 Å². The summed E-state index contributed by atoms with van der Waals surface area (Å²) in [4.78, 5) is 28.8. The molecule has 2 amide bonds. The Kier molecular flexibility index (Phi) is 6.43. The molecule has 0 aliphatic rings. The van der Waals surface area contributed by atoms with Gasteiger partial charge in [-0.25, -0.2) is 4.98 Å². The Balaban J connectivity index is 1.53. The maximum atomic E-state index is 12.5. The predicted molar refractivity (Wildman–Crippen MR) is 117 cm³/mol. The van der Waals surface area contributed by atoms with Crippen molar-refractivity contribution < 1.29 is 14.0 Å². The molecule has 4 rings (SSSR count). The van der Waals surface area contributed by atoms with Crippen molar-refractivity contribution in [2.45, 2.75) is 23.9 Å². The zero-order valence-electron chi connectivity index (χ0n) is 16.4. The molecule has 9 nitrogen and oxygen atoms in total. The smallest absolute Gasteiger partial charge is 0.287 e. The summed E-state index contributed by atoms with van der Waals surface area (Å²) in [5.41, 5.74) is 0.824. The van der Waals surface area contributed by atoms with Crippen LogP contribution >= 0.6 is 23.1 Å². The lowest BCUT2D eigenvalue weighted by Crippen LogP contribution is -2.24. The number of carbonyl (C=O) groups excluding carboxylic acids is 2. The number of benzene rings is 1. The van der Waals surface area contributed by atoms with Gasteiger partial charge in [0, 0.05) is 17.3 Å². The standard InChI is InChI=1S/C20H18N6O3S2/c1-13(17(27)23-19-21-9-11-30-19)31-20-25-24-16(26(20)14-6-3-2-4-7-14)12-22-18(28)15-8-5-10-29-15/h2-11,13H,12H2,1H3,(H,22,28)(H,21,23,27)/t13-/m0/s1. The van der Waals surface area contributed by atoms with Crippen molar-refractivity contribution in [3.63, 3.8) is 0 Å². The monoisotopic (exact) mass is 454 g/mol. The molecular formula is C20H18N6O3S2. The Bertz CT molecular complexity index is 1140. The average Bonchev–Trinajstić information content (AvgIpc) is 3.55. The average molecular weight is 455 g/mol. The molecule has 0 bridgehead atoms. The molecular weight excluding hydrogens is 436 g/mol. The van der Waals surface area contributed by atoms with Crippen molar-refractivity contribution in [3.8, 4) is 5.69 Å². The van der Waals surface area contributed by atoms with E-state index in [0.717, 1.165) is 5.69 Å². The number of amides is 2. The summed E-state index contributed by atoms with van der Waals surface area (Å²) in [5.74, 6) is 0.210. The summed E-state index contributed by atoms with van der Waals surface area (Å²) in [6.45, 7) is 1.93. The number of thioether (sulfide) groups is 1. The van der Waals surface area contributed by atoms with Crippen LogP contribution < -0.4 is 10.6 Å². The van der Waals surface area contributed by atoms with Crippen LogP contribution in [0.5, 0.6) is 0 Å². The summed E-state index contributed by atoms with van der Waals surface area (Å²) in [5, 5.41) is 16.5. The first-order valence-electron chi connectivity index (χ1n) is 9.30. The number of hydrogen-bond acceptors (Lipinski definition) is 8. The van der Waals surface area contributed by atoms with Crippen molar-refractivity contribution >= 4 is 40.0 Å². The zero-order valence-corrected chi connectivity index (χ0v) is 18.0. The Labute approximate surface area is 185 Å². The molecule has 0 aliphatic carbocycles. The molecule has 3 heterocycles. The normalized spacial score (nSPS) is 11.8. The summed E-state index contributed by atoms with van der Waals surface area (Å²) in [6, 6.07) is 12.7. The van der Waals surface area contributed by atoms with Crippen LogP contribution in [0.3, 0.4) is 0 Å². The third-order valence-corrected chi connectivity index (χ3v) is 5.91. The molecule has 158 valence electrons. The largest absolute Gasteiger partial charge is 0.459 e. The highest BCUT2D eigenvalue weighted by atomic mass is 32.2. The zero-order chi connectivity index (χ0) is 21.6. The van der Waals surface area contributed by atoms with E-state index in [0.29, 0.717) is 16.1 Å². The fraction of sp³-hybridized carbons (Fsp3) is 0.150. The van der Waals surface area contributed by atoms with Gasteiger partial charge in [0.15, 0.2) is 21.9 Å². The van der Waals surface area contributed by atoms with E-state index >= 15 is 0 Å². The van der Waals surface area contributed by atoms with E-state index in [1.54, 1.807) is 30.6 Å². The fourth-order valence-corrected chi connectivity index (χ4v) is 4.10. The molecule has 2 N–H and O–H groups in total. The van der Waals surface area contributed by atoms with Crippen molar-refractivity contribution in [1.29, 1.82) is 0 Å². The number of furan rings is 1. The second-order valence-corrected chi connectivity index (χ2v) is 8.52. The lowest BCUT2D eigenvalue weighted by atomic mass is 10.3.